The Morgan fingerprint density at radius 3 is 1.71 bits per heavy atom. The van der Waals surface area contributed by atoms with Crippen LogP contribution in [0.3, 0.4) is 0 Å². The predicted octanol–water partition coefficient (Wildman–Crippen LogP) is 5.69. The summed E-state index contributed by atoms with van der Waals surface area (Å²) in [7, 11) is 0.120. The Morgan fingerprint density at radius 2 is 1.14 bits per heavy atom. The summed E-state index contributed by atoms with van der Waals surface area (Å²) < 4.78 is 69.8. The van der Waals surface area contributed by atoms with Crippen LogP contribution in [0.1, 0.15) is 16.7 Å². The molecular formula is C47H47N5O13S-2. The number of methoxy groups -OCH3 is 4. The fraction of sp³-hybridized carbons (Fsp3) is 0.234. The number of benzene rings is 5. The molecule has 3 N–H and O–H groups in total. The Morgan fingerprint density at radius 1 is 0.636 bits per heavy atom. The molecule has 1 aliphatic rings. The highest BCUT2D eigenvalue weighted by atomic mass is 32.2. The van der Waals surface area contributed by atoms with Crippen molar-refractivity contribution in [3.05, 3.63) is 130 Å². The van der Waals surface area contributed by atoms with E-state index in [0.29, 0.717) is 38.4 Å². The lowest BCUT2D eigenvalue weighted by molar-refractivity contribution is -0.141. The van der Waals surface area contributed by atoms with E-state index < -0.39 is 51.9 Å². The van der Waals surface area contributed by atoms with Gasteiger partial charge in [0.05, 0.1) is 45.5 Å². The highest BCUT2D eigenvalue weighted by Crippen LogP contribution is 2.51. The maximum absolute atomic E-state index is 14.6. The number of carbonyl (C=O) groups is 4. The summed E-state index contributed by atoms with van der Waals surface area (Å²) in [5.41, 5.74) is 19.7. The van der Waals surface area contributed by atoms with Gasteiger partial charge in [0.25, 0.3) is 10.0 Å². The van der Waals surface area contributed by atoms with Gasteiger partial charge in [0.1, 0.15) is 61.5 Å². The van der Waals surface area contributed by atoms with Gasteiger partial charge in [-0.05, 0) is 47.2 Å². The second-order valence-electron chi connectivity index (χ2n) is 14.5. The number of ether oxygens (including phenoxy) is 7. The molecule has 0 atom stereocenters. The van der Waals surface area contributed by atoms with E-state index in [1.807, 2.05) is 24.3 Å². The molecule has 0 bridgehead atoms. The monoisotopic (exact) mass is 921 g/mol. The molecule has 18 nitrogen and oxygen atoms in total. The van der Waals surface area contributed by atoms with E-state index in [9.17, 15) is 27.6 Å². The fourth-order valence-electron chi connectivity index (χ4n) is 7.09. The Kier molecular flexibility index (Phi) is 14.9. The number of nitrogens with zero attached hydrogens (tertiary/aromatic N) is 2. The molecule has 0 aliphatic carbocycles. The molecule has 346 valence electrons. The van der Waals surface area contributed by atoms with Crippen LogP contribution in [0.5, 0.6) is 23.0 Å². The largest absolute Gasteiger partial charge is 0.698 e. The molecule has 19 heteroatoms. The standard InChI is InChI=1S/C47H47N5O13S/c1-28-11-7-8-12-31(28)44-32-16-18-34(48)29(2)45(32)65-46-33(44)17-19-35(49)47(46)66(57,58)50-30-15-20-37(52(26-42(55)61-5)27-43(56)62-6)39(23-30)64-22-21-63-38-14-10-9-13-36(38)51(24-40(53)59-3)25-41(54)60-4/h7-20,23,48-50H,1,21-22,24-27H2,2-6H3/q-2. The predicted molar refractivity (Wildman–Crippen MR) is 246 cm³/mol. The summed E-state index contributed by atoms with van der Waals surface area (Å²) in [5, 5.41) is 1.36. The number of fused-ring (bicyclic) bond motifs is 2. The molecule has 5 aromatic carbocycles. The van der Waals surface area contributed by atoms with Gasteiger partial charge in [-0.25, -0.2) is 8.42 Å². The lowest BCUT2D eigenvalue weighted by Gasteiger charge is -2.30. The molecule has 0 unspecified atom stereocenters. The van der Waals surface area contributed by atoms with Crippen molar-refractivity contribution < 1.29 is 60.8 Å². The van der Waals surface area contributed by atoms with Crippen LogP contribution < -0.4 is 39.2 Å². The van der Waals surface area contributed by atoms with Gasteiger partial charge in [0.15, 0.2) is 5.75 Å². The number of hydrogen-bond donors (Lipinski definition) is 1. The van der Waals surface area contributed by atoms with Crippen LogP contribution >= 0.6 is 0 Å². The number of hydrogen-bond acceptors (Lipinski definition) is 15. The van der Waals surface area contributed by atoms with Crippen molar-refractivity contribution in [1.82, 2.24) is 0 Å². The second kappa shape index (κ2) is 20.7. The van der Waals surface area contributed by atoms with Gasteiger partial charge in [-0.2, -0.15) is 0 Å². The molecule has 6 rings (SSSR count). The minimum atomic E-state index is -4.67. The molecule has 1 heterocycles. The maximum Gasteiger partial charge on any atom is 0.325 e. The Bertz CT molecular complexity index is 2870. The van der Waals surface area contributed by atoms with E-state index in [1.54, 1.807) is 49.4 Å². The number of sulfonamides is 1. The number of para-hydroxylation sites is 2. The minimum Gasteiger partial charge on any atom is -0.698 e. The summed E-state index contributed by atoms with van der Waals surface area (Å²) in [4.78, 5) is 52.0. The summed E-state index contributed by atoms with van der Waals surface area (Å²) in [5.74, 6) is -2.25. The molecular weight excluding hydrogens is 875 g/mol. The topological polar surface area (TPSA) is 233 Å². The Balaban J connectivity index is 1.38. The lowest BCUT2D eigenvalue weighted by Crippen LogP contribution is -2.36. The van der Waals surface area contributed by atoms with Gasteiger partial charge in [-0.15, -0.1) is 11.4 Å². The molecule has 0 fully saturated rings. The van der Waals surface area contributed by atoms with Crippen molar-refractivity contribution >= 4 is 74.5 Å². The van der Waals surface area contributed by atoms with Gasteiger partial charge in [0, 0.05) is 22.8 Å². The molecule has 0 spiro atoms. The van der Waals surface area contributed by atoms with E-state index in [-0.39, 0.29) is 72.1 Å². The molecule has 66 heavy (non-hydrogen) atoms. The van der Waals surface area contributed by atoms with E-state index in [2.05, 4.69) is 11.3 Å². The number of carbonyl (C=O) groups excluding carboxylic acids is 4. The number of esters is 4. The third kappa shape index (κ3) is 10.5. The number of nitrogens with one attached hydrogen (secondary N) is 3. The van der Waals surface area contributed by atoms with Crippen LogP contribution in [0.4, 0.5) is 28.4 Å². The molecule has 0 radical (unpaired) electrons. The maximum atomic E-state index is 14.6. The Labute approximate surface area is 380 Å². The summed E-state index contributed by atoms with van der Waals surface area (Å²) >= 11 is 0. The van der Waals surface area contributed by atoms with Gasteiger partial charge >= 0.3 is 23.9 Å². The first-order chi connectivity index (χ1) is 31.6. The van der Waals surface area contributed by atoms with Gasteiger partial charge < -0.3 is 54.4 Å². The Hall–Kier alpha value is -7.93. The first-order valence-electron chi connectivity index (χ1n) is 20.1. The zero-order chi connectivity index (χ0) is 47.7. The normalized spacial score (nSPS) is 12.3. The number of anilines is 3. The molecule has 0 saturated carbocycles. The van der Waals surface area contributed by atoms with Crippen molar-refractivity contribution in [2.75, 3.05) is 82.4 Å². The van der Waals surface area contributed by atoms with Crippen LogP contribution in [-0.4, -0.2) is 100 Å². The van der Waals surface area contributed by atoms with Crippen LogP contribution in [0, 0.1) is 6.92 Å². The average Bonchev–Trinajstić information content (AvgIpc) is 3.30. The minimum absolute atomic E-state index is 0.00876. The first kappa shape index (κ1) is 47.5. The number of rotatable bonds is 18. The quantitative estimate of drug-likeness (QED) is 0.0620. The smallest absolute Gasteiger partial charge is 0.325 e. The fourth-order valence-corrected chi connectivity index (χ4v) is 8.38. The summed E-state index contributed by atoms with van der Waals surface area (Å²) in [6.07, 6.45) is 0. The highest BCUT2D eigenvalue weighted by Gasteiger charge is 2.32. The van der Waals surface area contributed by atoms with Crippen molar-refractivity contribution in [2.24, 2.45) is 0 Å². The van der Waals surface area contributed by atoms with Crippen molar-refractivity contribution in [1.29, 1.82) is 0 Å². The van der Waals surface area contributed by atoms with Crippen molar-refractivity contribution in [2.45, 2.75) is 11.8 Å². The van der Waals surface area contributed by atoms with Crippen LogP contribution in [0.2, 0.25) is 0 Å². The molecule has 5 aromatic rings. The third-order valence-electron chi connectivity index (χ3n) is 10.4. The zero-order valence-electron chi connectivity index (χ0n) is 36.7. The van der Waals surface area contributed by atoms with E-state index >= 15 is 0 Å². The van der Waals surface area contributed by atoms with Crippen LogP contribution in [0.25, 0.3) is 23.6 Å². The van der Waals surface area contributed by atoms with E-state index in [0.717, 1.165) is 0 Å². The molecule has 0 amide bonds. The highest BCUT2D eigenvalue weighted by molar-refractivity contribution is 7.93. The van der Waals surface area contributed by atoms with Gasteiger partial charge in [-0.1, -0.05) is 67.2 Å². The van der Waals surface area contributed by atoms with Crippen LogP contribution in [0.15, 0.2) is 95.9 Å². The summed E-state index contributed by atoms with van der Waals surface area (Å²) in [6.45, 7) is 4.09. The average molecular weight is 922 g/mol. The first-order valence-corrected chi connectivity index (χ1v) is 21.6. The molecule has 0 saturated heterocycles. The second-order valence-corrected chi connectivity index (χ2v) is 16.2. The van der Waals surface area contributed by atoms with E-state index in [4.69, 9.17) is 44.6 Å². The lowest BCUT2D eigenvalue weighted by atomic mass is 9.89. The molecule has 0 aromatic heterocycles. The zero-order valence-corrected chi connectivity index (χ0v) is 37.5. The summed E-state index contributed by atoms with van der Waals surface area (Å²) in [6, 6.07) is 24.4. The van der Waals surface area contributed by atoms with Gasteiger partial charge in [0.2, 0.25) is 0 Å². The molecule has 1 aliphatic heterocycles. The third-order valence-corrected chi connectivity index (χ3v) is 11.8. The van der Waals surface area contributed by atoms with E-state index in [1.165, 1.54) is 62.5 Å². The van der Waals surface area contributed by atoms with Gasteiger partial charge in [-0.3, -0.25) is 23.9 Å². The van der Waals surface area contributed by atoms with Crippen LogP contribution in [-0.2, 0) is 48.1 Å². The SMILES string of the molecule is C=c1ccccc1=C1c2ccc([NH-])c(C)c2Oc2c1ccc([NH-])c2S(=O)(=O)Nc1ccc(N(CC(=O)OC)CC(=O)OC)c(OCCOc2ccccc2N(CC(=O)OC)CC(=O)OC)c1. The van der Waals surface area contributed by atoms with Crippen molar-refractivity contribution in [3.8, 4) is 23.0 Å². The van der Waals surface area contributed by atoms with Crippen molar-refractivity contribution in [3.63, 3.8) is 0 Å².